The van der Waals surface area contributed by atoms with E-state index in [1.54, 1.807) is 19.9 Å². The Labute approximate surface area is 94.9 Å². The van der Waals surface area contributed by atoms with Crippen LogP contribution in [0.25, 0.3) is 0 Å². The number of aliphatic hydroxyl groups is 1. The summed E-state index contributed by atoms with van der Waals surface area (Å²) in [5.41, 5.74) is 0.188. The van der Waals surface area contributed by atoms with Gasteiger partial charge in [-0.25, -0.2) is 9.78 Å². The molecule has 0 aromatic carbocycles. The van der Waals surface area contributed by atoms with Crippen molar-refractivity contribution in [3.05, 3.63) is 23.9 Å². The Kier molecular flexibility index (Phi) is 3.84. The van der Waals surface area contributed by atoms with Crippen LogP contribution in [0.4, 0.5) is 10.6 Å². The SMILES string of the molecule is Cc1cccc(NC(=O)NC(C)(C)CO)n1. The summed E-state index contributed by atoms with van der Waals surface area (Å²) in [6.45, 7) is 5.19. The van der Waals surface area contributed by atoms with Gasteiger partial charge in [0.25, 0.3) is 0 Å². The van der Waals surface area contributed by atoms with Crippen molar-refractivity contribution in [3.8, 4) is 0 Å². The number of aromatic nitrogens is 1. The summed E-state index contributed by atoms with van der Waals surface area (Å²) in [5.74, 6) is 0.492. The molecule has 5 heteroatoms. The fourth-order valence-electron chi connectivity index (χ4n) is 1.11. The first-order valence-electron chi connectivity index (χ1n) is 5.07. The third-order valence-corrected chi connectivity index (χ3v) is 1.98. The number of hydrogen-bond acceptors (Lipinski definition) is 3. The smallest absolute Gasteiger partial charge is 0.320 e. The van der Waals surface area contributed by atoms with Gasteiger partial charge in [0.1, 0.15) is 5.82 Å². The van der Waals surface area contributed by atoms with E-state index in [4.69, 9.17) is 5.11 Å². The number of carbonyl (C=O) groups is 1. The zero-order valence-electron chi connectivity index (χ0n) is 9.74. The number of aliphatic hydroxyl groups excluding tert-OH is 1. The summed E-state index contributed by atoms with van der Waals surface area (Å²) < 4.78 is 0. The molecule has 5 nitrogen and oxygen atoms in total. The molecule has 0 bridgehead atoms. The minimum absolute atomic E-state index is 0.123. The van der Waals surface area contributed by atoms with Gasteiger partial charge in [-0.2, -0.15) is 0 Å². The number of amides is 2. The van der Waals surface area contributed by atoms with Gasteiger partial charge in [0.15, 0.2) is 0 Å². The maximum Gasteiger partial charge on any atom is 0.320 e. The maximum absolute atomic E-state index is 11.5. The number of carbonyl (C=O) groups excluding carboxylic acids is 1. The predicted octanol–water partition coefficient (Wildman–Crippen LogP) is 1.28. The second-order valence-electron chi connectivity index (χ2n) is 4.29. The molecule has 0 spiro atoms. The van der Waals surface area contributed by atoms with Crippen molar-refractivity contribution in [1.29, 1.82) is 0 Å². The van der Waals surface area contributed by atoms with E-state index in [9.17, 15) is 4.79 Å². The number of aryl methyl sites for hydroxylation is 1. The molecule has 0 aliphatic heterocycles. The van der Waals surface area contributed by atoms with Crippen molar-refractivity contribution < 1.29 is 9.90 Å². The monoisotopic (exact) mass is 223 g/mol. The number of pyridine rings is 1. The lowest BCUT2D eigenvalue weighted by Crippen LogP contribution is -2.48. The lowest BCUT2D eigenvalue weighted by Gasteiger charge is -2.23. The van der Waals surface area contributed by atoms with Crippen molar-refractivity contribution in [2.45, 2.75) is 26.3 Å². The molecule has 1 rings (SSSR count). The molecule has 16 heavy (non-hydrogen) atoms. The van der Waals surface area contributed by atoms with E-state index in [2.05, 4.69) is 15.6 Å². The summed E-state index contributed by atoms with van der Waals surface area (Å²) in [7, 11) is 0. The van der Waals surface area contributed by atoms with Gasteiger partial charge in [0, 0.05) is 5.69 Å². The molecule has 0 radical (unpaired) electrons. The second kappa shape index (κ2) is 4.94. The van der Waals surface area contributed by atoms with Gasteiger partial charge in [-0.1, -0.05) is 6.07 Å². The summed E-state index contributed by atoms with van der Waals surface area (Å²) in [4.78, 5) is 15.7. The van der Waals surface area contributed by atoms with Crippen LogP contribution in [0, 0.1) is 6.92 Å². The third kappa shape index (κ3) is 3.86. The minimum Gasteiger partial charge on any atom is -0.394 e. The largest absolute Gasteiger partial charge is 0.394 e. The van der Waals surface area contributed by atoms with E-state index in [0.29, 0.717) is 5.82 Å². The van der Waals surface area contributed by atoms with Gasteiger partial charge in [0.05, 0.1) is 12.1 Å². The Hall–Kier alpha value is -1.62. The van der Waals surface area contributed by atoms with Gasteiger partial charge in [-0.05, 0) is 32.9 Å². The van der Waals surface area contributed by atoms with Crippen LogP contribution in [-0.2, 0) is 0 Å². The topological polar surface area (TPSA) is 74.2 Å². The average molecular weight is 223 g/mol. The van der Waals surface area contributed by atoms with Crippen LogP contribution in [0.5, 0.6) is 0 Å². The van der Waals surface area contributed by atoms with Crippen LogP contribution >= 0.6 is 0 Å². The number of hydrogen-bond donors (Lipinski definition) is 3. The van der Waals surface area contributed by atoms with Gasteiger partial charge >= 0.3 is 6.03 Å². The highest BCUT2D eigenvalue weighted by molar-refractivity contribution is 5.88. The second-order valence-corrected chi connectivity index (χ2v) is 4.29. The molecule has 0 aliphatic rings. The van der Waals surface area contributed by atoms with Gasteiger partial charge in [-0.15, -0.1) is 0 Å². The lowest BCUT2D eigenvalue weighted by atomic mass is 10.1. The summed E-state index contributed by atoms with van der Waals surface area (Å²) in [5, 5.41) is 14.2. The van der Waals surface area contributed by atoms with Crippen LogP contribution in [0.15, 0.2) is 18.2 Å². The fourth-order valence-corrected chi connectivity index (χ4v) is 1.11. The molecule has 0 unspecified atom stereocenters. The highest BCUT2D eigenvalue weighted by Crippen LogP contribution is 2.05. The highest BCUT2D eigenvalue weighted by atomic mass is 16.3. The van der Waals surface area contributed by atoms with Crippen LogP contribution in [0.2, 0.25) is 0 Å². The Balaban J connectivity index is 2.59. The molecule has 88 valence electrons. The molecule has 3 N–H and O–H groups in total. The van der Waals surface area contributed by atoms with E-state index < -0.39 is 5.54 Å². The first-order chi connectivity index (χ1) is 7.43. The van der Waals surface area contributed by atoms with Crippen molar-refractivity contribution in [3.63, 3.8) is 0 Å². The highest BCUT2D eigenvalue weighted by Gasteiger charge is 2.18. The van der Waals surface area contributed by atoms with Crippen molar-refractivity contribution in [2.24, 2.45) is 0 Å². The number of urea groups is 1. The van der Waals surface area contributed by atoms with Crippen LogP contribution in [0.1, 0.15) is 19.5 Å². The Morgan fingerprint density at radius 1 is 1.50 bits per heavy atom. The molecule has 1 aromatic heterocycles. The molecular weight excluding hydrogens is 206 g/mol. The third-order valence-electron chi connectivity index (χ3n) is 1.98. The Bertz CT molecular complexity index is 377. The molecule has 0 fully saturated rings. The van der Waals surface area contributed by atoms with Crippen molar-refractivity contribution in [2.75, 3.05) is 11.9 Å². The molecule has 0 saturated heterocycles. The van der Waals surface area contributed by atoms with Gasteiger partial charge in [-0.3, -0.25) is 5.32 Å². The van der Waals surface area contributed by atoms with Gasteiger partial charge in [0.2, 0.25) is 0 Å². The molecular formula is C11H17N3O2. The number of nitrogens with zero attached hydrogens (tertiary/aromatic N) is 1. The van der Waals surface area contributed by atoms with E-state index in [-0.39, 0.29) is 12.6 Å². The molecule has 1 aromatic rings. The number of nitrogens with one attached hydrogen (secondary N) is 2. The average Bonchev–Trinajstić information content (AvgIpc) is 2.16. The Morgan fingerprint density at radius 2 is 2.19 bits per heavy atom. The van der Waals surface area contributed by atoms with E-state index in [1.807, 2.05) is 19.1 Å². The standard InChI is InChI=1S/C11H17N3O2/c1-8-5-4-6-9(12-8)13-10(16)14-11(2,3)7-15/h4-6,15H,7H2,1-3H3,(H2,12,13,14,16). The van der Waals surface area contributed by atoms with E-state index in [0.717, 1.165) is 5.69 Å². The summed E-state index contributed by atoms with van der Waals surface area (Å²) in [6.07, 6.45) is 0. The lowest BCUT2D eigenvalue weighted by molar-refractivity contribution is 0.187. The quantitative estimate of drug-likeness (QED) is 0.722. The van der Waals surface area contributed by atoms with Crippen LogP contribution < -0.4 is 10.6 Å². The van der Waals surface area contributed by atoms with E-state index >= 15 is 0 Å². The zero-order chi connectivity index (χ0) is 12.2. The number of anilines is 1. The molecule has 1 heterocycles. The first-order valence-corrected chi connectivity index (χ1v) is 5.07. The van der Waals surface area contributed by atoms with Crippen LogP contribution in [-0.4, -0.2) is 28.3 Å². The summed E-state index contributed by atoms with van der Waals surface area (Å²) >= 11 is 0. The van der Waals surface area contributed by atoms with Gasteiger partial charge < -0.3 is 10.4 Å². The fraction of sp³-hybridized carbons (Fsp3) is 0.455. The maximum atomic E-state index is 11.5. The molecule has 0 saturated carbocycles. The number of rotatable bonds is 3. The van der Waals surface area contributed by atoms with Crippen molar-refractivity contribution >= 4 is 11.8 Å². The predicted molar refractivity (Wildman–Crippen MR) is 62.3 cm³/mol. The van der Waals surface area contributed by atoms with E-state index in [1.165, 1.54) is 0 Å². The first kappa shape index (κ1) is 12.4. The Morgan fingerprint density at radius 3 is 2.75 bits per heavy atom. The van der Waals surface area contributed by atoms with Crippen LogP contribution in [0.3, 0.4) is 0 Å². The minimum atomic E-state index is -0.645. The zero-order valence-corrected chi connectivity index (χ0v) is 9.74. The molecule has 2 amide bonds. The normalized spacial score (nSPS) is 11.0. The van der Waals surface area contributed by atoms with Crippen molar-refractivity contribution in [1.82, 2.24) is 10.3 Å². The molecule has 0 aliphatic carbocycles. The molecule has 0 atom stereocenters. The summed E-state index contributed by atoms with van der Waals surface area (Å²) in [6, 6.07) is 4.99.